The predicted octanol–water partition coefficient (Wildman–Crippen LogP) is 2.65. The number of hydrogen-bond acceptors (Lipinski definition) is 2. The van der Waals surface area contributed by atoms with E-state index in [2.05, 4.69) is 12.2 Å². The van der Waals surface area contributed by atoms with Crippen molar-refractivity contribution in [3.05, 3.63) is 0 Å². The fourth-order valence-corrected chi connectivity index (χ4v) is 1.09. The van der Waals surface area contributed by atoms with E-state index in [1.807, 2.05) is 0 Å². The Kier molecular flexibility index (Phi) is 6.21. The minimum atomic E-state index is -0.487. The minimum absolute atomic E-state index is 0.147. The van der Waals surface area contributed by atoms with Gasteiger partial charge in [0.05, 0.1) is 0 Å². The summed E-state index contributed by atoms with van der Waals surface area (Å²) in [5.41, 5.74) is -0.487. The van der Waals surface area contributed by atoms with Crippen molar-refractivity contribution in [3.8, 4) is 0 Å². The molecular weight excluding hydrogens is 190 g/mol. The summed E-state index contributed by atoms with van der Waals surface area (Å²) < 4.78 is 0. The molecule has 2 amide bonds. The van der Waals surface area contributed by atoms with Crippen LogP contribution in [-0.2, 0) is 9.59 Å². The summed E-state index contributed by atoms with van der Waals surface area (Å²) in [6.45, 7) is 7.52. The number of amides is 2. The first-order valence-electron chi connectivity index (χ1n) is 5.72. The highest BCUT2D eigenvalue weighted by Gasteiger charge is 2.22. The molecule has 0 heterocycles. The Hall–Kier alpha value is -0.860. The van der Waals surface area contributed by atoms with Crippen LogP contribution < -0.4 is 5.32 Å². The molecule has 3 nitrogen and oxygen atoms in total. The number of rotatable bonds is 5. The van der Waals surface area contributed by atoms with E-state index >= 15 is 0 Å². The Morgan fingerprint density at radius 2 is 1.67 bits per heavy atom. The standard InChI is InChI=1S/C12H23NO2/c1-5-6-7-8-9-10(14)13-11(15)12(2,3)4/h5-9H2,1-4H3,(H,13,14,15). The number of unbranched alkanes of at least 4 members (excludes halogenated alkanes) is 3. The molecule has 0 aromatic heterocycles. The lowest BCUT2D eigenvalue weighted by atomic mass is 9.95. The van der Waals surface area contributed by atoms with Crippen LogP contribution in [0.3, 0.4) is 0 Å². The SMILES string of the molecule is CCCCCCC(=O)NC(=O)C(C)(C)C. The average Bonchev–Trinajstić information content (AvgIpc) is 2.11. The first kappa shape index (κ1) is 14.1. The van der Waals surface area contributed by atoms with Crippen molar-refractivity contribution in [2.75, 3.05) is 0 Å². The van der Waals surface area contributed by atoms with Crippen molar-refractivity contribution in [2.24, 2.45) is 5.41 Å². The molecular formula is C12H23NO2. The van der Waals surface area contributed by atoms with E-state index in [1.54, 1.807) is 20.8 Å². The van der Waals surface area contributed by atoms with Crippen molar-refractivity contribution in [2.45, 2.75) is 59.8 Å². The second-order valence-electron chi connectivity index (χ2n) is 4.94. The normalized spacial score (nSPS) is 11.2. The van der Waals surface area contributed by atoms with Crippen LogP contribution in [-0.4, -0.2) is 11.8 Å². The maximum absolute atomic E-state index is 11.4. The molecule has 0 rings (SSSR count). The predicted molar refractivity (Wildman–Crippen MR) is 61.4 cm³/mol. The molecule has 0 fully saturated rings. The van der Waals surface area contributed by atoms with Gasteiger partial charge in [-0.15, -0.1) is 0 Å². The molecule has 0 aliphatic carbocycles. The van der Waals surface area contributed by atoms with E-state index in [-0.39, 0.29) is 11.8 Å². The van der Waals surface area contributed by atoms with E-state index in [9.17, 15) is 9.59 Å². The van der Waals surface area contributed by atoms with E-state index in [0.717, 1.165) is 25.7 Å². The molecule has 0 aliphatic heterocycles. The van der Waals surface area contributed by atoms with E-state index < -0.39 is 5.41 Å². The van der Waals surface area contributed by atoms with Gasteiger partial charge in [-0.2, -0.15) is 0 Å². The van der Waals surface area contributed by atoms with Gasteiger partial charge in [0.15, 0.2) is 0 Å². The van der Waals surface area contributed by atoms with Gasteiger partial charge in [0, 0.05) is 11.8 Å². The minimum Gasteiger partial charge on any atom is -0.296 e. The van der Waals surface area contributed by atoms with Gasteiger partial charge in [0.1, 0.15) is 0 Å². The van der Waals surface area contributed by atoms with Gasteiger partial charge >= 0.3 is 0 Å². The molecule has 0 aromatic rings. The monoisotopic (exact) mass is 213 g/mol. The Labute approximate surface area is 92.6 Å². The van der Waals surface area contributed by atoms with Crippen molar-refractivity contribution in [3.63, 3.8) is 0 Å². The molecule has 0 atom stereocenters. The second kappa shape index (κ2) is 6.59. The van der Waals surface area contributed by atoms with Crippen molar-refractivity contribution in [1.82, 2.24) is 5.32 Å². The molecule has 0 spiro atoms. The van der Waals surface area contributed by atoms with Gasteiger partial charge in [0.25, 0.3) is 0 Å². The Morgan fingerprint density at radius 1 is 1.07 bits per heavy atom. The molecule has 0 unspecified atom stereocenters. The molecule has 0 saturated heterocycles. The Balaban J connectivity index is 3.71. The summed E-state index contributed by atoms with van der Waals surface area (Å²) >= 11 is 0. The maximum atomic E-state index is 11.4. The zero-order valence-electron chi connectivity index (χ0n) is 10.4. The fraction of sp³-hybridized carbons (Fsp3) is 0.833. The van der Waals surface area contributed by atoms with Crippen molar-refractivity contribution >= 4 is 11.8 Å². The highest BCUT2D eigenvalue weighted by Crippen LogP contribution is 2.12. The highest BCUT2D eigenvalue weighted by molar-refractivity contribution is 5.97. The van der Waals surface area contributed by atoms with Crippen LogP contribution in [0.25, 0.3) is 0 Å². The largest absolute Gasteiger partial charge is 0.296 e. The van der Waals surface area contributed by atoms with Crippen LogP contribution >= 0.6 is 0 Å². The van der Waals surface area contributed by atoms with Crippen LogP contribution in [0.2, 0.25) is 0 Å². The van der Waals surface area contributed by atoms with Gasteiger partial charge in [-0.05, 0) is 6.42 Å². The average molecular weight is 213 g/mol. The fourth-order valence-electron chi connectivity index (χ4n) is 1.09. The summed E-state index contributed by atoms with van der Waals surface area (Å²) in [5, 5.41) is 2.42. The molecule has 1 N–H and O–H groups in total. The first-order chi connectivity index (χ1) is 6.88. The number of carbonyl (C=O) groups excluding carboxylic acids is 2. The summed E-state index contributed by atoms with van der Waals surface area (Å²) in [4.78, 5) is 22.8. The smallest absolute Gasteiger partial charge is 0.231 e. The summed E-state index contributed by atoms with van der Waals surface area (Å²) in [7, 11) is 0. The van der Waals surface area contributed by atoms with Gasteiger partial charge in [-0.1, -0.05) is 47.0 Å². The molecule has 0 aliphatic rings. The Bertz CT molecular complexity index is 216. The molecule has 0 radical (unpaired) electrons. The second-order valence-corrected chi connectivity index (χ2v) is 4.94. The van der Waals surface area contributed by atoms with Gasteiger partial charge in [-0.25, -0.2) is 0 Å². The lowest BCUT2D eigenvalue weighted by molar-refractivity contribution is -0.135. The summed E-state index contributed by atoms with van der Waals surface area (Å²) in [6.07, 6.45) is 4.70. The third-order valence-electron chi connectivity index (χ3n) is 2.19. The van der Waals surface area contributed by atoms with E-state index in [1.165, 1.54) is 0 Å². The molecule has 0 saturated carbocycles. The van der Waals surface area contributed by atoms with Gasteiger partial charge in [0.2, 0.25) is 11.8 Å². The maximum Gasteiger partial charge on any atom is 0.231 e. The topological polar surface area (TPSA) is 46.2 Å². The third-order valence-corrected chi connectivity index (χ3v) is 2.19. The number of nitrogens with one attached hydrogen (secondary N) is 1. The van der Waals surface area contributed by atoms with Crippen molar-refractivity contribution in [1.29, 1.82) is 0 Å². The Morgan fingerprint density at radius 3 is 2.13 bits per heavy atom. The lowest BCUT2D eigenvalue weighted by Gasteiger charge is -2.16. The molecule has 15 heavy (non-hydrogen) atoms. The summed E-state index contributed by atoms with van der Waals surface area (Å²) in [5.74, 6) is -0.339. The van der Waals surface area contributed by atoms with Crippen LogP contribution in [0.15, 0.2) is 0 Å². The number of carbonyl (C=O) groups is 2. The number of imide groups is 1. The van der Waals surface area contributed by atoms with E-state index in [0.29, 0.717) is 6.42 Å². The molecule has 88 valence electrons. The van der Waals surface area contributed by atoms with Crippen molar-refractivity contribution < 1.29 is 9.59 Å². The first-order valence-corrected chi connectivity index (χ1v) is 5.72. The van der Waals surface area contributed by atoms with Crippen LogP contribution in [0.1, 0.15) is 59.8 Å². The van der Waals surface area contributed by atoms with E-state index in [4.69, 9.17) is 0 Å². The third kappa shape index (κ3) is 7.11. The quantitative estimate of drug-likeness (QED) is 0.714. The van der Waals surface area contributed by atoms with Crippen LogP contribution in [0.4, 0.5) is 0 Å². The zero-order chi connectivity index (χ0) is 11.9. The van der Waals surface area contributed by atoms with Crippen LogP contribution in [0, 0.1) is 5.41 Å². The lowest BCUT2D eigenvalue weighted by Crippen LogP contribution is -2.38. The molecule has 0 bridgehead atoms. The molecule has 3 heteroatoms. The van der Waals surface area contributed by atoms with Crippen LogP contribution in [0.5, 0.6) is 0 Å². The van der Waals surface area contributed by atoms with Gasteiger partial charge in [-0.3, -0.25) is 14.9 Å². The zero-order valence-corrected chi connectivity index (χ0v) is 10.4. The van der Waals surface area contributed by atoms with Gasteiger partial charge < -0.3 is 0 Å². The highest BCUT2D eigenvalue weighted by atomic mass is 16.2. The summed E-state index contributed by atoms with van der Waals surface area (Å²) in [6, 6.07) is 0. The molecule has 0 aromatic carbocycles. The number of hydrogen-bond donors (Lipinski definition) is 1.